The Labute approximate surface area is 154 Å². The maximum atomic E-state index is 12.8. The number of nitrogens with zero attached hydrogens (tertiary/aromatic N) is 2. The summed E-state index contributed by atoms with van der Waals surface area (Å²) in [4.78, 5) is 48.5. The molecule has 8 heteroatoms. The molecule has 2 aromatic rings. The van der Waals surface area contributed by atoms with Crippen molar-refractivity contribution in [3.63, 3.8) is 0 Å². The molecule has 0 atom stereocenters. The minimum Gasteiger partial charge on any atom is -0.273 e. The summed E-state index contributed by atoms with van der Waals surface area (Å²) in [5.41, 5.74) is 0.812. The molecule has 0 spiro atoms. The van der Waals surface area contributed by atoms with Crippen LogP contribution in [0.1, 0.15) is 18.1 Å². The van der Waals surface area contributed by atoms with Gasteiger partial charge in [0.1, 0.15) is 5.57 Å². The highest BCUT2D eigenvalue weighted by atomic mass is 16.6. The van der Waals surface area contributed by atoms with Crippen LogP contribution in [0.2, 0.25) is 0 Å². The molecule has 1 saturated heterocycles. The number of hydrogen-bond donors (Lipinski definition) is 1. The first-order chi connectivity index (χ1) is 12.9. The fourth-order valence-electron chi connectivity index (χ4n) is 2.70. The van der Waals surface area contributed by atoms with E-state index in [1.807, 2.05) is 6.92 Å². The van der Waals surface area contributed by atoms with E-state index >= 15 is 0 Å². The number of rotatable bonds is 4. The number of anilines is 1. The quantitative estimate of drug-likeness (QED) is 0.388. The molecule has 136 valence electrons. The predicted molar refractivity (Wildman–Crippen MR) is 97.9 cm³/mol. The lowest BCUT2D eigenvalue weighted by Gasteiger charge is -2.26. The Bertz CT molecular complexity index is 979. The molecular formula is C19H15N3O5. The fraction of sp³-hybridized carbons (Fsp3) is 0.105. The third-order valence-corrected chi connectivity index (χ3v) is 4.14. The summed E-state index contributed by atoms with van der Waals surface area (Å²) in [6.45, 7) is 1.97. The standard InChI is InChI=1S/C19H15N3O5/c1-2-12-7-9-14(10-8-12)21-18(24)15(17(23)20-19(21)25)11-13-5-3-4-6-16(13)22(26)27/h3-11H,2H2,1H3,(H,20,23,25)/b15-11-. The van der Waals surface area contributed by atoms with Gasteiger partial charge in [-0.15, -0.1) is 0 Å². The molecule has 1 N–H and O–H groups in total. The third-order valence-electron chi connectivity index (χ3n) is 4.14. The van der Waals surface area contributed by atoms with E-state index in [1.165, 1.54) is 18.2 Å². The van der Waals surface area contributed by atoms with Crippen molar-refractivity contribution >= 4 is 35.3 Å². The lowest BCUT2D eigenvalue weighted by Crippen LogP contribution is -2.54. The van der Waals surface area contributed by atoms with Crippen molar-refractivity contribution in [1.82, 2.24) is 5.32 Å². The summed E-state index contributed by atoms with van der Waals surface area (Å²) >= 11 is 0. The first-order valence-corrected chi connectivity index (χ1v) is 8.16. The second-order valence-corrected chi connectivity index (χ2v) is 5.79. The van der Waals surface area contributed by atoms with E-state index in [4.69, 9.17) is 0 Å². The molecule has 1 aliphatic heterocycles. The van der Waals surface area contributed by atoms with E-state index in [0.29, 0.717) is 5.69 Å². The lowest BCUT2D eigenvalue weighted by atomic mass is 10.0. The first kappa shape index (κ1) is 18.0. The lowest BCUT2D eigenvalue weighted by molar-refractivity contribution is -0.385. The number of carbonyl (C=O) groups is 3. The highest BCUT2D eigenvalue weighted by molar-refractivity contribution is 6.39. The average molecular weight is 365 g/mol. The molecule has 27 heavy (non-hydrogen) atoms. The largest absolute Gasteiger partial charge is 0.335 e. The van der Waals surface area contributed by atoms with E-state index in [1.54, 1.807) is 30.3 Å². The Morgan fingerprint density at radius 2 is 1.74 bits per heavy atom. The topological polar surface area (TPSA) is 110 Å². The molecule has 0 radical (unpaired) electrons. The number of imide groups is 2. The zero-order valence-electron chi connectivity index (χ0n) is 14.3. The molecule has 1 aliphatic rings. The van der Waals surface area contributed by atoms with Crippen molar-refractivity contribution in [3.05, 3.63) is 75.3 Å². The number of nitrogens with one attached hydrogen (secondary N) is 1. The van der Waals surface area contributed by atoms with Crippen molar-refractivity contribution in [2.45, 2.75) is 13.3 Å². The molecule has 1 heterocycles. The molecule has 3 rings (SSSR count). The van der Waals surface area contributed by atoms with Crippen molar-refractivity contribution in [3.8, 4) is 0 Å². The molecule has 0 unspecified atom stereocenters. The van der Waals surface area contributed by atoms with Gasteiger partial charge in [0, 0.05) is 6.07 Å². The summed E-state index contributed by atoms with van der Waals surface area (Å²) in [5, 5.41) is 13.2. The minimum absolute atomic E-state index is 0.0941. The average Bonchev–Trinajstić information content (AvgIpc) is 2.65. The van der Waals surface area contributed by atoms with Gasteiger partial charge in [0.25, 0.3) is 17.5 Å². The van der Waals surface area contributed by atoms with Gasteiger partial charge in [0.05, 0.1) is 16.2 Å². The number of nitro groups is 1. The van der Waals surface area contributed by atoms with Gasteiger partial charge in [-0.25, -0.2) is 9.69 Å². The second-order valence-electron chi connectivity index (χ2n) is 5.79. The number of benzene rings is 2. The SMILES string of the molecule is CCc1ccc(N2C(=O)NC(=O)/C(=C/c3ccccc3[N+](=O)[O-])C2=O)cc1. The number of carbonyl (C=O) groups excluding carboxylic acids is 3. The maximum Gasteiger partial charge on any atom is 0.335 e. The molecule has 0 saturated carbocycles. The monoisotopic (exact) mass is 365 g/mol. The van der Waals surface area contributed by atoms with Crippen LogP contribution in [-0.4, -0.2) is 22.8 Å². The van der Waals surface area contributed by atoms with Crippen LogP contribution >= 0.6 is 0 Å². The van der Waals surface area contributed by atoms with Crippen LogP contribution in [0, 0.1) is 10.1 Å². The first-order valence-electron chi connectivity index (χ1n) is 8.16. The third kappa shape index (κ3) is 3.45. The molecule has 8 nitrogen and oxygen atoms in total. The van der Waals surface area contributed by atoms with Gasteiger partial charge in [-0.2, -0.15) is 0 Å². The van der Waals surface area contributed by atoms with Crippen LogP contribution in [0.4, 0.5) is 16.2 Å². The van der Waals surface area contributed by atoms with Crippen LogP contribution < -0.4 is 10.2 Å². The maximum absolute atomic E-state index is 12.8. The van der Waals surface area contributed by atoms with Gasteiger partial charge in [-0.3, -0.25) is 25.0 Å². The number of urea groups is 1. The summed E-state index contributed by atoms with van der Waals surface area (Å²) in [5.74, 6) is -1.74. The van der Waals surface area contributed by atoms with Gasteiger partial charge >= 0.3 is 6.03 Å². The van der Waals surface area contributed by atoms with E-state index < -0.39 is 22.8 Å². The van der Waals surface area contributed by atoms with E-state index in [9.17, 15) is 24.5 Å². The molecule has 4 amide bonds. The number of nitro benzene ring substituents is 1. The number of para-hydroxylation sites is 1. The van der Waals surface area contributed by atoms with E-state index in [2.05, 4.69) is 5.32 Å². The highest BCUT2D eigenvalue weighted by Gasteiger charge is 2.37. The Morgan fingerprint density at radius 1 is 1.07 bits per heavy atom. The normalized spacial score (nSPS) is 15.8. The van der Waals surface area contributed by atoms with Crippen molar-refractivity contribution < 1.29 is 19.3 Å². The molecule has 2 aromatic carbocycles. The second kappa shape index (κ2) is 7.20. The number of aryl methyl sites for hydroxylation is 1. The molecule has 0 aromatic heterocycles. The van der Waals surface area contributed by atoms with E-state index in [-0.39, 0.29) is 16.8 Å². The summed E-state index contributed by atoms with van der Waals surface area (Å²) in [6.07, 6.45) is 1.91. The zero-order valence-corrected chi connectivity index (χ0v) is 14.3. The van der Waals surface area contributed by atoms with Crippen LogP contribution in [-0.2, 0) is 16.0 Å². The van der Waals surface area contributed by atoms with Crippen molar-refractivity contribution in [1.29, 1.82) is 0 Å². The zero-order chi connectivity index (χ0) is 19.6. The summed E-state index contributed by atoms with van der Waals surface area (Å²) in [7, 11) is 0. The van der Waals surface area contributed by atoms with Crippen LogP contribution in [0.3, 0.4) is 0 Å². The Balaban J connectivity index is 2.03. The minimum atomic E-state index is -0.899. The van der Waals surface area contributed by atoms with E-state index in [0.717, 1.165) is 23.0 Å². The van der Waals surface area contributed by atoms with Gasteiger partial charge in [-0.05, 0) is 36.3 Å². The molecule has 1 fully saturated rings. The molecule has 0 aliphatic carbocycles. The molecule has 0 bridgehead atoms. The number of barbiturate groups is 1. The molecular weight excluding hydrogens is 350 g/mol. The van der Waals surface area contributed by atoms with Gasteiger partial charge in [0.15, 0.2) is 0 Å². The van der Waals surface area contributed by atoms with Gasteiger partial charge in [-0.1, -0.05) is 31.2 Å². The predicted octanol–water partition coefficient (Wildman–Crippen LogP) is 2.82. The smallest absolute Gasteiger partial charge is 0.273 e. The van der Waals surface area contributed by atoms with Crippen LogP contribution in [0.25, 0.3) is 6.08 Å². The Kier molecular flexibility index (Phi) is 4.80. The van der Waals surface area contributed by atoms with Crippen LogP contribution in [0.15, 0.2) is 54.1 Å². The Hall–Kier alpha value is -3.81. The highest BCUT2D eigenvalue weighted by Crippen LogP contribution is 2.25. The fourth-order valence-corrected chi connectivity index (χ4v) is 2.70. The number of hydrogen-bond acceptors (Lipinski definition) is 5. The van der Waals surface area contributed by atoms with Gasteiger partial charge in [0.2, 0.25) is 0 Å². The van der Waals surface area contributed by atoms with Crippen LogP contribution in [0.5, 0.6) is 0 Å². The summed E-state index contributed by atoms with van der Waals surface area (Å²) in [6, 6.07) is 11.6. The Morgan fingerprint density at radius 3 is 2.37 bits per heavy atom. The number of amides is 4. The van der Waals surface area contributed by atoms with Gasteiger partial charge < -0.3 is 0 Å². The van der Waals surface area contributed by atoms with Crippen molar-refractivity contribution in [2.24, 2.45) is 0 Å². The summed E-state index contributed by atoms with van der Waals surface area (Å²) < 4.78 is 0. The van der Waals surface area contributed by atoms with Crippen molar-refractivity contribution in [2.75, 3.05) is 4.90 Å².